The summed E-state index contributed by atoms with van der Waals surface area (Å²) in [6.45, 7) is 4.46. The van der Waals surface area contributed by atoms with Gasteiger partial charge in [0.25, 0.3) is 0 Å². The van der Waals surface area contributed by atoms with Gasteiger partial charge in [-0.2, -0.15) is 0 Å². The first-order valence-corrected chi connectivity index (χ1v) is 7.56. The normalized spacial score (nSPS) is 16.3. The quantitative estimate of drug-likeness (QED) is 0.917. The van der Waals surface area contributed by atoms with E-state index in [1.54, 1.807) is 18.1 Å². The Labute approximate surface area is 135 Å². The van der Waals surface area contributed by atoms with Gasteiger partial charge >= 0.3 is 6.03 Å². The van der Waals surface area contributed by atoms with Gasteiger partial charge in [0.2, 0.25) is 0 Å². The fourth-order valence-corrected chi connectivity index (χ4v) is 2.63. The molecule has 0 aliphatic carbocycles. The molecule has 5 heteroatoms. The standard InChI is InChI=1S/C18H20N2O3/c1-12-7-8-17-16(9-12)20(11-13(2)23-17)18(21)19-14-5-4-6-15(10-14)22-3/h4-10,13H,11H2,1-3H3,(H,19,21). The van der Waals surface area contributed by atoms with E-state index < -0.39 is 0 Å². The van der Waals surface area contributed by atoms with Crippen molar-refractivity contribution in [2.75, 3.05) is 23.9 Å². The van der Waals surface area contributed by atoms with E-state index >= 15 is 0 Å². The number of carbonyl (C=O) groups excluding carboxylic acids is 1. The molecular formula is C18H20N2O3. The second-order valence-corrected chi connectivity index (χ2v) is 5.67. The van der Waals surface area contributed by atoms with Crippen molar-refractivity contribution in [1.29, 1.82) is 0 Å². The maximum atomic E-state index is 12.7. The van der Waals surface area contributed by atoms with E-state index in [-0.39, 0.29) is 12.1 Å². The summed E-state index contributed by atoms with van der Waals surface area (Å²) in [4.78, 5) is 14.4. The average Bonchev–Trinajstić information content (AvgIpc) is 2.54. The molecule has 1 atom stereocenters. The molecule has 120 valence electrons. The van der Waals surface area contributed by atoms with Crippen molar-refractivity contribution in [2.24, 2.45) is 0 Å². The van der Waals surface area contributed by atoms with Crippen LogP contribution < -0.4 is 19.7 Å². The Morgan fingerprint density at radius 1 is 1.30 bits per heavy atom. The number of aryl methyl sites for hydroxylation is 1. The topological polar surface area (TPSA) is 50.8 Å². The Morgan fingerprint density at radius 3 is 2.91 bits per heavy atom. The highest BCUT2D eigenvalue weighted by Crippen LogP contribution is 2.34. The molecule has 2 aromatic rings. The molecule has 0 saturated carbocycles. The maximum absolute atomic E-state index is 12.7. The number of ether oxygens (including phenoxy) is 2. The van der Waals surface area contributed by atoms with Gasteiger partial charge in [-0.15, -0.1) is 0 Å². The average molecular weight is 312 g/mol. The molecule has 2 amide bonds. The summed E-state index contributed by atoms with van der Waals surface area (Å²) in [5.74, 6) is 1.43. The summed E-state index contributed by atoms with van der Waals surface area (Å²) in [6, 6.07) is 13.0. The van der Waals surface area contributed by atoms with Crippen LogP contribution in [0.5, 0.6) is 11.5 Å². The number of methoxy groups -OCH3 is 1. The molecule has 1 heterocycles. The van der Waals surface area contributed by atoms with Crippen molar-refractivity contribution >= 4 is 17.4 Å². The van der Waals surface area contributed by atoms with Gasteiger partial charge in [0.15, 0.2) is 0 Å². The molecule has 1 N–H and O–H groups in total. The first-order chi connectivity index (χ1) is 11.1. The van der Waals surface area contributed by atoms with Gasteiger partial charge < -0.3 is 14.8 Å². The van der Waals surface area contributed by atoms with E-state index in [0.717, 1.165) is 17.0 Å². The van der Waals surface area contributed by atoms with E-state index in [1.165, 1.54) is 0 Å². The van der Waals surface area contributed by atoms with Gasteiger partial charge in [0.05, 0.1) is 19.3 Å². The van der Waals surface area contributed by atoms with Crippen molar-refractivity contribution < 1.29 is 14.3 Å². The number of hydrogen-bond acceptors (Lipinski definition) is 3. The molecule has 3 rings (SSSR count). The molecule has 1 aliphatic rings. The van der Waals surface area contributed by atoms with E-state index in [2.05, 4.69) is 5.32 Å². The molecule has 1 unspecified atom stereocenters. The van der Waals surface area contributed by atoms with E-state index in [4.69, 9.17) is 9.47 Å². The van der Waals surface area contributed by atoms with Gasteiger partial charge in [-0.3, -0.25) is 4.90 Å². The highest BCUT2D eigenvalue weighted by Gasteiger charge is 2.27. The van der Waals surface area contributed by atoms with Crippen molar-refractivity contribution in [2.45, 2.75) is 20.0 Å². The van der Waals surface area contributed by atoms with Crippen molar-refractivity contribution in [3.63, 3.8) is 0 Å². The Bertz CT molecular complexity index is 730. The molecule has 0 saturated heterocycles. The third-order valence-electron chi connectivity index (χ3n) is 3.74. The summed E-state index contributed by atoms with van der Waals surface area (Å²) in [7, 11) is 1.60. The second kappa shape index (κ2) is 6.20. The van der Waals surface area contributed by atoms with Gasteiger partial charge in [0, 0.05) is 11.8 Å². The van der Waals surface area contributed by atoms with Gasteiger partial charge in [-0.1, -0.05) is 12.1 Å². The van der Waals surface area contributed by atoms with Crippen molar-refractivity contribution in [3.8, 4) is 11.5 Å². The predicted octanol–water partition coefficient (Wildman–Crippen LogP) is 3.82. The molecule has 2 aromatic carbocycles. The number of hydrogen-bond donors (Lipinski definition) is 1. The SMILES string of the molecule is COc1cccc(NC(=O)N2CC(C)Oc3ccc(C)cc32)c1. The first-order valence-electron chi connectivity index (χ1n) is 7.56. The first kappa shape index (κ1) is 15.2. The molecular weight excluding hydrogens is 292 g/mol. The van der Waals surface area contributed by atoms with Crippen LogP contribution in [0.15, 0.2) is 42.5 Å². The van der Waals surface area contributed by atoms with Gasteiger partial charge in [0.1, 0.15) is 17.6 Å². The summed E-state index contributed by atoms with van der Waals surface area (Å²) in [5, 5.41) is 2.92. The highest BCUT2D eigenvalue weighted by molar-refractivity contribution is 6.03. The monoisotopic (exact) mass is 312 g/mol. The molecule has 23 heavy (non-hydrogen) atoms. The Kier molecular flexibility index (Phi) is 4.10. The van der Waals surface area contributed by atoms with Crippen LogP contribution in [0.25, 0.3) is 0 Å². The largest absolute Gasteiger partial charge is 0.497 e. The minimum Gasteiger partial charge on any atom is -0.497 e. The molecule has 0 spiro atoms. The lowest BCUT2D eigenvalue weighted by atomic mass is 10.1. The molecule has 1 aliphatic heterocycles. The molecule has 0 radical (unpaired) electrons. The molecule has 5 nitrogen and oxygen atoms in total. The predicted molar refractivity (Wildman–Crippen MR) is 90.6 cm³/mol. The number of amides is 2. The van der Waals surface area contributed by atoms with Gasteiger partial charge in [-0.25, -0.2) is 4.79 Å². The summed E-state index contributed by atoms with van der Waals surface area (Å²) in [6.07, 6.45) is -0.0544. The Balaban J connectivity index is 1.86. The number of benzene rings is 2. The smallest absolute Gasteiger partial charge is 0.326 e. The van der Waals surface area contributed by atoms with Crippen LogP contribution in [0.1, 0.15) is 12.5 Å². The van der Waals surface area contributed by atoms with Crippen LogP contribution in [0.2, 0.25) is 0 Å². The number of fused-ring (bicyclic) bond motifs is 1. The van der Waals surface area contributed by atoms with E-state index in [9.17, 15) is 4.79 Å². The third kappa shape index (κ3) is 3.23. The lowest BCUT2D eigenvalue weighted by Crippen LogP contribution is -2.44. The summed E-state index contributed by atoms with van der Waals surface area (Å²) in [5.41, 5.74) is 2.58. The summed E-state index contributed by atoms with van der Waals surface area (Å²) >= 11 is 0. The zero-order chi connectivity index (χ0) is 16.4. The van der Waals surface area contributed by atoms with Crippen LogP contribution in [0.4, 0.5) is 16.2 Å². The number of rotatable bonds is 2. The Hall–Kier alpha value is -2.69. The van der Waals surface area contributed by atoms with Crippen molar-refractivity contribution in [1.82, 2.24) is 0 Å². The lowest BCUT2D eigenvalue weighted by Gasteiger charge is -2.33. The zero-order valence-corrected chi connectivity index (χ0v) is 13.5. The van der Waals surface area contributed by atoms with Crippen molar-refractivity contribution in [3.05, 3.63) is 48.0 Å². The lowest BCUT2D eigenvalue weighted by molar-refractivity contribution is 0.208. The fraction of sp³-hybridized carbons (Fsp3) is 0.278. The molecule has 0 bridgehead atoms. The third-order valence-corrected chi connectivity index (χ3v) is 3.74. The van der Waals surface area contributed by atoms with Gasteiger partial charge in [-0.05, 0) is 43.7 Å². The summed E-state index contributed by atoms with van der Waals surface area (Å²) < 4.78 is 11.0. The van der Waals surface area contributed by atoms with Crippen LogP contribution in [0, 0.1) is 6.92 Å². The minimum absolute atomic E-state index is 0.0544. The number of anilines is 2. The van der Waals surface area contributed by atoms with E-state index in [1.807, 2.05) is 50.2 Å². The molecule has 0 fully saturated rings. The van der Waals surface area contributed by atoms with E-state index in [0.29, 0.717) is 18.0 Å². The zero-order valence-electron chi connectivity index (χ0n) is 13.5. The van der Waals surface area contributed by atoms with Crippen LogP contribution >= 0.6 is 0 Å². The van der Waals surface area contributed by atoms with Crippen LogP contribution in [0.3, 0.4) is 0 Å². The van der Waals surface area contributed by atoms with Crippen LogP contribution in [-0.2, 0) is 0 Å². The minimum atomic E-state index is -0.180. The number of urea groups is 1. The maximum Gasteiger partial charge on any atom is 0.326 e. The fourth-order valence-electron chi connectivity index (χ4n) is 2.63. The number of carbonyl (C=O) groups is 1. The highest BCUT2D eigenvalue weighted by atomic mass is 16.5. The number of nitrogens with one attached hydrogen (secondary N) is 1. The van der Waals surface area contributed by atoms with Crippen LogP contribution in [-0.4, -0.2) is 25.8 Å². The Morgan fingerprint density at radius 2 is 2.13 bits per heavy atom. The number of nitrogens with zero attached hydrogens (tertiary/aromatic N) is 1. The molecule has 0 aromatic heterocycles. The second-order valence-electron chi connectivity index (χ2n) is 5.67.